The van der Waals surface area contributed by atoms with Crippen LogP contribution in [0.2, 0.25) is 0 Å². The van der Waals surface area contributed by atoms with Crippen LogP contribution in [-0.4, -0.2) is 59.8 Å². The van der Waals surface area contributed by atoms with Gasteiger partial charge in [0.25, 0.3) is 5.91 Å². The van der Waals surface area contributed by atoms with Gasteiger partial charge < -0.3 is 10.2 Å². The van der Waals surface area contributed by atoms with Gasteiger partial charge in [-0.25, -0.2) is 18.4 Å². The van der Waals surface area contributed by atoms with Crippen molar-refractivity contribution in [3.05, 3.63) is 18.0 Å². The molecular weight excluding hydrogens is 316 g/mol. The summed E-state index contributed by atoms with van der Waals surface area (Å²) in [5, 5.41) is 3.09. The molecule has 0 saturated carbocycles. The number of amides is 1. The zero-order valence-electron chi connectivity index (χ0n) is 13.8. The third kappa shape index (κ3) is 4.63. The Morgan fingerprint density at radius 3 is 2.78 bits per heavy atom. The molecule has 2 rings (SSSR count). The predicted octanol–water partition coefficient (Wildman–Crippen LogP) is 1.19. The van der Waals surface area contributed by atoms with Crippen molar-refractivity contribution < 1.29 is 13.2 Å². The molecular formula is C15H24N4O3S. The Bertz CT molecular complexity index is 660. The van der Waals surface area contributed by atoms with Crippen LogP contribution in [0.3, 0.4) is 0 Å². The van der Waals surface area contributed by atoms with E-state index in [4.69, 9.17) is 0 Å². The van der Waals surface area contributed by atoms with Gasteiger partial charge in [-0.1, -0.05) is 13.8 Å². The first-order valence-corrected chi connectivity index (χ1v) is 9.73. The summed E-state index contributed by atoms with van der Waals surface area (Å²) in [7, 11) is -3.03. The molecule has 0 radical (unpaired) electrons. The van der Waals surface area contributed by atoms with Gasteiger partial charge in [0.2, 0.25) is 5.95 Å². The van der Waals surface area contributed by atoms with Crippen molar-refractivity contribution in [1.29, 1.82) is 0 Å². The van der Waals surface area contributed by atoms with E-state index in [-0.39, 0.29) is 29.1 Å². The summed E-state index contributed by atoms with van der Waals surface area (Å²) in [5.41, 5.74) is 0.289. The maximum Gasteiger partial charge on any atom is 0.272 e. The van der Waals surface area contributed by atoms with Crippen LogP contribution >= 0.6 is 0 Å². The Labute approximate surface area is 137 Å². The molecule has 1 N–H and O–H groups in total. The van der Waals surface area contributed by atoms with E-state index in [2.05, 4.69) is 29.1 Å². The Morgan fingerprint density at radius 2 is 2.22 bits per heavy atom. The maximum absolute atomic E-state index is 12.7. The molecule has 0 aliphatic carbocycles. The van der Waals surface area contributed by atoms with Crippen molar-refractivity contribution in [2.75, 3.05) is 29.9 Å². The van der Waals surface area contributed by atoms with Gasteiger partial charge in [-0.05, 0) is 25.3 Å². The average Bonchev–Trinajstić information content (AvgIpc) is 2.86. The third-order valence-corrected chi connectivity index (χ3v) is 5.54. The van der Waals surface area contributed by atoms with Crippen molar-refractivity contribution in [2.24, 2.45) is 5.92 Å². The first kappa shape index (κ1) is 17.7. The third-order valence-electron chi connectivity index (χ3n) is 3.79. The lowest BCUT2D eigenvalue weighted by Crippen LogP contribution is -2.41. The lowest BCUT2D eigenvalue weighted by atomic mass is 10.2. The lowest BCUT2D eigenvalue weighted by Gasteiger charge is -2.26. The topological polar surface area (TPSA) is 92.3 Å². The number of nitrogens with zero attached hydrogens (tertiary/aromatic N) is 3. The monoisotopic (exact) mass is 340 g/mol. The van der Waals surface area contributed by atoms with Crippen LogP contribution in [0.25, 0.3) is 0 Å². The summed E-state index contributed by atoms with van der Waals surface area (Å²) >= 11 is 0. The van der Waals surface area contributed by atoms with Crippen LogP contribution in [0, 0.1) is 5.92 Å². The molecule has 1 unspecified atom stereocenters. The molecule has 1 fully saturated rings. The van der Waals surface area contributed by atoms with Crippen LogP contribution in [0.5, 0.6) is 0 Å². The van der Waals surface area contributed by atoms with E-state index in [0.29, 0.717) is 24.8 Å². The Kier molecular flexibility index (Phi) is 5.56. The van der Waals surface area contributed by atoms with Crippen LogP contribution < -0.4 is 5.32 Å². The number of hydrogen-bond donors (Lipinski definition) is 1. The smallest absolute Gasteiger partial charge is 0.272 e. The fourth-order valence-corrected chi connectivity index (χ4v) is 4.33. The van der Waals surface area contributed by atoms with E-state index >= 15 is 0 Å². The van der Waals surface area contributed by atoms with Gasteiger partial charge in [-0.2, -0.15) is 0 Å². The van der Waals surface area contributed by atoms with E-state index in [1.54, 1.807) is 17.2 Å². The average molecular weight is 340 g/mol. The molecule has 0 aromatic carbocycles. The highest BCUT2D eigenvalue weighted by molar-refractivity contribution is 7.91. The van der Waals surface area contributed by atoms with Crippen LogP contribution in [0.1, 0.15) is 37.7 Å². The van der Waals surface area contributed by atoms with E-state index in [0.717, 1.165) is 6.54 Å². The van der Waals surface area contributed by atoms with Crippen LogP contribution in [0.4, 0.5) is 5.95 Å². The molecule has 128 valence electrons. The zero-order chi connectivity index (χ0) is 17.0. The minimum atomic E-state index is -3.03. The second-order valence-electron chi connectivity index (χ2n) is 6.19. The van der Waals surface area contributed by atoms with Gasteiger partial charge in [0, 0.05) is 25.3 Å². The van der Waals surface area contributed by atoms with Crippen molar-refractivity contribution in [2.45, 2.75) is 33.2 Å². The molecule has 0 spiro atoms. The fraction of sp³-hybridized carbons (Fsp3) is 0.667. The van der Waals surface area contributed by atoms with E-state index in [1.165, 1.54) is 0 Å². The van der Waals surface area contributed by atoms with Crippen LogP contribution in [-0.2, 0) is 9.84 Å². The summed E-state index contributed by atoms with van der Waals surface area (Å²) in [4.78, 5) is 22.6. The molecule has 23 heavy (non-hydrogen) atoms. The second-order valence-corrected chi connectivity index (χ2v) is 8.42. The summed E-state index contributed by atoms with van der Waals surface area (Å²) in [6.45, 7) is 7.17. The number of carbonyl (C=O) groups is 1. The van der Waals surface area contributed by atoms with Gasteiger partial charge in [-0.15, -0.1) is 0 Å². The standard InChI is InChI=1S/C15H24N4O3S/c1-4-19(12-6-8-23(21,22)10-12)14(20)13-5-7-16-15(18-13)17-9-11(2)3/h5,7,11-12H,4,6,8-10H2,1-3H3,(H,16,17,18). The van der Waals surface area contributed by atoms with Crippen molar-refractivity contribution in [1.82, 2.24) is 14.9 Å². The highest BCUT2D eigenvalue weighted by atomic mass is 32.2. The van der Waals surface area contributed by atoms with Gasteiger partial charge in [0.1, 0.15) is 5.69 Å². The number of nitrogens with one attached hydrogen (secondary N) is 1. The number of anilines is 1. The largest absolute Gasteiger partial charge is 0.354 e. The number of rotatable bonds is 6. The lowest BCUT2D eigenvalue weighted by molar-refractivity contribution is 0.0702. The van der Waals surface area contributed by atoms with Gasteiger partial charge in [0.05, 0.1) is 11.5 Å². The molecule has 1 aliphatic rings. The van der Waals surface area contributed by atoms with Crippen molar-refractivity contribution in [3.8, 4) is 0 Å². The molecule has 0 bridgehead atoms. The normalized spacial score (nSPS) is 19.7. The SMILES string of the molecule is CCN(C(=O)c1ccnc(NCC(C)C)n1)C1CCS(=O)(=O)C1. The van der Waals surface area contributed by atoms with E-state index < -0.39 is 9.84 Å². The summed E-state index contributed by atoms with van der Waals surface area (Å²) < 4.78 is 23.3. The Balaban J connectivity index is 2.13. The van der Waals surface area contributed by atoms with E-state index in [9.17, 15) is 13.2 Å². The van der Waals surface area contributed by atoms with Crippen LogP contribution in [0.15, 0.2) is 12.3 Å². The molecule has 1 atom stereocenters. The quantitative estimate of drug-likeness (QED) is 0.836. The molecule has 1 aromatic rings. The molecule has 1 amide bonds. The first-order chi connectivity index (χ1) is 10.8. The second kappa shape index (κ2) is 7.25. The minimum Gasteiger partial charge on any atom is -0.354 e. The minimum absolute atomic E-state index is 0.0378. The molecule has 1 aliphatic heterocycles. The van der Waals surface area contributed by atoms with Crippen molar-refractivity contribution >= 4 is 21.7 Å². The Hall–Kier alpha value is -1.70. The Morgan fingerprint density at radius 1 is 1.48 bits per heavy atom. The number of hydrogen-bond acceptors (Lipinski definition) is 6. The fourth-order valence-electron chi connectivity index (χ4n) is 2.59. The highest BCUT2D eigenvalue weighted by Crippen LogP contribution is 2.19. The van der Waals surface area contributed by atoms with Gasteiger partial charge in [-0.3, -0.25) is 4.79 Å². The molecule has 7 nitrogen and oxygen atoms in total. The molecule has 2 heterocycles. The maximum atomic E-state index is 12.7. The zero-order valence-corrected chi connectivity index (χ0v) is 14.6. The predicted molar refractivity (Wildman–Crippen MR) is 89.1 cm³/mol. The molecule has 8 heteroatoms. The van der Waals surface area contributed by atoms with Gasteiger partial charge in [0.15, 0.2) is 9.84 Å². The van der Waals surface area contributed by atoms with E-state index in [1.807, 2.05) is 6.92 Å². The summed E-state index contributed by atoms with van der Waals surface area (Å²) in [6.07, 6.45) is 2.04. The number of sulfone groups is 1. The van der Waals surface area contributed by atoms with Crippen molar-refractivity contribution in [3.63, 3.8) is 0 Å². The molecule has 1 saturated heterocycles. The summed E-state index contributed by atoms with van der Waals surface area (Å²) in [6, 6.07) is 1.30. The first-order valence-electron chi connectivity index (χ1n) is 7.90. The highest BCUT2D eigenvalue weighted by Gasteiger charge is 2.34. The van der Waals surface area contributed by atoms with Gasteiger partial charge >= 0.3 is 0 Å². The number of aromatic nitrogens is 2. The summed E-state index contributed by atoms with van der Waals surface area (Å²) in [5.74, 6) is 0.792. The number of carbonyl (C=O) groups excluding carboxylic acids is 1. The molecule has 1 aromatic heterocycles.